The minimum absolute atomic E-state index is 0.0934. The van der Waals surface area contributed by atoms with Crippen molar-refractivity contribution in [3.05, 3.63) is 95.1 Å². The fraction of sp³-hybridized carbons (Fsp3) is 0.120. The van der Waals surface area contributed by atoms with E-state index in [0.29, 0.717) is 11.3 Å². The lowest BCUT2D eigenvalue weighted by Gasteiger charge is -2.09. The van der Waals surface area contributed by atoms with Gasteiger partial charge in [-0.3, -0.25) is 4.79 Å². The van der Waals surface area contributed by atoms with Crippen LogP contribution in [0.15, 0.2) is 72.8 Å². The predicted molar refractivity (Wildman–Crippen MR) is 116 cm³/mol. The summed E-state index contributed by atoms with van der Waals surface area (Å²) >= 11 is 0. The molecule has 0 saturated heterocycles. The van der Waals surface area contributed by atoms with Gasteiger partial charge in [0.15, 0.2) is 6.61 Å². The molecule has 0 heterocycles. The van der Waals surface area contributed by atoms with Crippen molar-refractivity contribution < 1.29 is 9.53 Å². The van der Waals surface area contributed by atoms with Crippen LogP contribution in [0.5, 0.6) is 5.75 Å². The molecule has 0 aliphatic heterocycles. The fourth-order valence-electron chi connectivity index (χ4n) is 2.82. The Morgan fingerprint density at radius 2 is 1.79 bits per heavy atom. The lowest BCUT2D eigenvalue weighted by Crippen LogP contribution is -2.20. The number of hydrogen-bond acceptors (Lipinski definition) is 3. The topological polar surface area (TPSA) is 62.1 Å². The highest BCUT2D eigenvalue weighted by Gasteiger charge is 2.06. The third-order valence-electron chi connectivity index (χ3n) is 4.53. The number of nitriles is 1. The first-order valence-corrected chi connectivity index (χ1v) is 9.32. The van der Waals surface area contributed by atoms with Crippen molar-refractivity contribution in [3.8, 4) is 11.8 Å². The van der Waals surface area contributed by atoms with E-state index in [9.17, 15) is 10.1 Å². The molecule has 0 aliphatic carbocycles. The highest BCUT2D eigenvalue weighted by atomic mass is 16.5. The molecule has 0 atom stereocenters. The molecule has 144 valence electrons. The van der Waals surface area contributed by atoms with E-state index in [-0.39, 0.29) is 12.5 Å². The average molecular weight is 382 g/mol. The molecule has 0 bridgehead atoms. The number of aryl methyl sites for hydroxylation is 2. The van der Waals surface area contributed by atoms with E-state index in [2.05, 4.69) is 11.4 Å². The summed E-state index contributed by atoms with van der Waals surface area (Å²) < 4.78 is 5.63. The molecular formula is C25H22N2O2. The monoisotopic (exact) mass is 382 g/mol. The number of nitrogens with one attached hydrogen (secondary N) is 1. The van der Waals surface area contributed by atoms with Gasteiger partial charge in [-0.25, -0.2) is 0 Å². The van der Waals surface area contributed by atoms with Gasteiger partial charge >= 0.3 is 0 Å². The number of carbonyl (C=O) groups is 1. The van der Waals surface area contributed by atoms with Crippen LogP contribution < -0.4 is 10.1 Å². The van der Waals surface area contributed by atoms with E-state index < -0.39 is 0 Å². The number of rotatable bonds is 6. The van der Waals surface area contributed by atoms with Crippen molar-refractivity contribution in [1.29, 1.82) is 5.26 Å². The van der Waals surface area contributed by atoms with Gasteiger partial charge in [0.25, 0.3) is 5.91 Å². The van der Waals surface area contributed by atoms with E-state index in [1.165, 1.54) is 5.56 Å². The molecule has 0 radical (unpaired) electrons. The Hall–Kier alpha value is -3.84. The molecule has 4 heteroatoms. The van der Waals surface area contributed by atoms with Crippen molar-refractivity contribution >= 4 is 23.2 Å². The molecule has 0 aromatic heterocycles. The minimum Gasteiger partial charge on any atom is -0.484 e. The number of carbonyl (C=O) groups excluding carboxylic acids is 1. The SMILES string of the molecule is Cc1ccc(NC(=O)COc2cccc(/C=C(\C#N)c3ccccc3)c2)cc1C. The molecule has 4 nitrogen and oxygen atoms in total. The van der Waals surface area contributed by atoms with Gasteiger partial charge in [-0.15, -0.1) is 0 Å². The van der Waals surface area contributed by atoms with Gasteiger partial charge in [-0.1, -0.05) is 48.5 Å². The van der Waals surface area contributed by atoms with E-state index in [1.54, 1.807) is 12.1 Å². The lowest BCUT2D eigenvalue weighted by atomic mass is 10.0. The first-order chi connectivity index (χ1) is 14.0. The quantitative estimate of drug-likeness (QED) is 0.459. The van der Waals surface area contributed by atoms with E-state index >= 15 is 0 Å². The maximum absolute atomic E-state index is 12.2. The molecule has 3 rings (SSSR count). The summed E-state index contributed by atoms with van der Waals surface area (Å²) in [5.74, 6) is 0.343. The van der Waals surface area contributed by atoms with Crippen molar-refractivity contribution in [3.63, 3.8) is 0 Å². The molecule has 1 amide bonds. The Morgan fingerprint density at radius 1 is 1.00 bits per heavy atom. The van der Waals surface area contributed by atoms with Gasteiger partial charge in [0, 0.05) is 5.69 Å². The standard InChI is InChI=1S/C25H22N2O2/c1-18-11-12-23(13-19(18)2)27-25(28)17-29-24-10-6-7-20(15-24)14-22(16-26)21-8-4-3-5-9-21/h3-15H,17H2,1-2H3,(H,27,28)/b22-14+. The summed E-state index contributed by atoms with van der Waals surface area (Å²) in [5, 5.41) is 12.3. The zero-order chi connectivity index (χ0) is 20.6. The largest absolute Gasteiger partial charge is 0.484 e. The Kier molecular flexibility index (Phi) is 6.44. The first kappa shape index (κ1) is 19.9. The Labute approximate surface area is 171 Å². The number of hydrogen-bond donors (Lipinski definition) is 1. The highest BCUT2D eigenvalue weighted by molar-refractivity contribution is 5.92. The van der Waals surface area contributed by atoms with Gasteiger partial charge in [-0.2, -0.15) is 5.26 Å². The summed E-state index contributed by atoms with van der Waals surface area (Å²) in [6, 6.07) is 24.8. The number of anilines is 1. The van der Waals surface area contributed by atoms with Gasteiger partial charge in [0.2, 0.25) is 0 Å². The number of ether oxygens (including phenoxy) is 1. The van der Waals surface area contributed by atoms with Crippen molar-refractivity contribution in [1.82, 2.24) is 0 Å². The summed E-state index contributed by atoms with van der Waals surface area (Å²) in [6.07, 6.45) is 1.80. The first-order valence-electron chi connectivity index (χ1n) is 9.32. The Morgan fingerprint density at radius 3 is 2.52 bits per heavy atom. The molecule has 0 aliphatic rings. The molecule has 3 aromatic rings. The van der Waals surface area contributed by atoms with E-state index in [0.717, 1.165) is 22.4 Å². The van der Waals surface area contributed by atoms with Gasteiger partial charge in [0.05, 0.1) is 11.6 Å². The highest BCUT2D eigenvalue weighted by Crippen LogP contribution is 2.21. The lowest BCUT2D eigenvalue weighted by molar-refractivity contribution is -0.118. The van der Waals surface area contributed by atoms with Crippen LogP contribution in [-0.4, -0.2) is 12.5 Å². The van der Waals surface area contributed by atoms with Gasteiger partial charge in [0.1, 0.15) is 5.75 Å². The molecule has 29 heavy (non-hydrogen) atoms. The normalized spacial score (nSPS) is 10.9. The second kappa shape index (κ2) is 9.38. The number of nitrogens with zero attached hydrogens (tertiary/aromatic N) is 1. The molecule has 0 saturated carbocycles. The van der Waals surface area contributed by atoms with Crippen LogP contribution in [-0.2, 0) is 4.79 Å². The number of allylic oxidation sites excluding steroid dienone is 1. The molecule has 1 N–H and O–H groups in total. The van der Waals surface area contributed by atoms with Crippen molar-refractivity contribution in [2.75, 3.05) is 11.9 Å². The summed E-state index contributed by atoms with van der Waals surface area (Å²) in [4.78, 5) is 12.2. The maximum atomic E-state index is 12.2. The second-order valence-corrected chi connectivity index (χ2v) is 6.74. The summed E-state index contributed by atoms with van der Waals surface area (Å²) in [5.41, 5.74) is 5.30. The van der Waals surface area contributed by atoms with Crippen LogP contribution in [0.3, 0.4) is 0 Å². The zero-order valence-electron chi connectivity index (χ0n) is 16.5. The van der Waals surface area contributed by atoms with Gasteiger partial charge in [-0.05, 0) is 66.4 Å². The molecule has 3 aromatic carbocycles. The fourth-order valence-corrected chi connectivity index (χ4v) is 2.82. The van der Waals surface area contributed by atoms with Crippen LogP contribution >= 0.6 is 0 Å². The minimum atomic E-state index is -0.226. The van der Waals surface area contributed by atoms with E-state index in [1.807, 2.05) is 80.6 Å². The number of benzene rings is 3. The number of amides is 1. The molecular weight excluding hydrogens is 360 g/mol. The molecule has 0 spiro atoms. The molecule has 0 unspecified atom stereocenters. The second-order valence-electron chi connectivity index (χ2n) is 6.74. The smallest absolute Gasteiger partial charge is 0.262 e. The van der Waals surface area contributed by atoms with Crippen LogP contribution in [0.1, 0.15) is 22.3 Å². The van der Waals surface area contributed by atoms with E-state index in [4.69, 9.17) is 4.74 Å². The Bertz CT molecular complexity index is 1080. The van der Waals surface area contributed by atoms with Crippen LogP contribution in [0.25, 0.3) is 11.6 Å². The summed E-state index contributed by atoms with van der Waals surface area (Å²) in [7, 11) is 0. The maximum Gasteiger partial charge on any atom is 0.262 e. The van der Waals surface area contributed by atoms with Gasteiger partial charge < -0.3 is 10.1 Å². The molecule has 0 fully saturated rings. The van der Waals surface area contributed by atoms with Crippen molar-refractivity contribution in [2.24, 2.45) is 0 Å². The van der Waals surface area contributed by atoms with Crippen LogP contribution in [0, 0.1) is 25.2 Å². The Balaban J connectivity index is 1.65. The van der Waals surface area contributed by atoms with Crippen molar-refractivity contribution in [2.45, 2.75) is 13.8 Å². The third kappa shape index (κ3) is 5.57. The summed E-state index contributed by atoms with van der Waals surface area (Å²) in [6.45, 7) is 3.94. The zero-order valence-corrected chi connectivity index (χ0v) is 16.5. The van der Waals surface area contributed by atoms with Crippen LogP contribution in [0.2, 0.25) is 0 Å². The van der Waals surface area contributed by atoms with Crippen LogP contribution in [0.4, 0.5) is 5.69 Å². The third-order valence-corrected chi connectivity index (χ3v) is 4.53. The average Bonchev–Trinajstić information content (AvgIpc) is 2.74. The predicted octanol–water partition coefficient (Wildman–Crippen LogP) is 5.39.